The zero-order chi connectivity index (χ0) is 30.7. The molecule has 1 fully saturated rings. The monoisotopic (exact) mass is 625 g/mol. The molecule has 2 atom stereocenters. The zero-order valence-corrected chi connectivity index (χ0v) is 23.5. The van der Waals surface area contributed by atoms with Gasteiger partial charge in [0.25, 0.3) is 5.91 Å². The number of likely N-dealkylation sites (tertiary alicyclic amines) is 1. The van der Waals surface area contributed by atoms with Gasteiger partial charge in [-0.3, -0.25) is 14.4 Å². The van der Waals surface area contributed by atoms with E-state index in [4.69, 9.17) is 23.2 Å². The first-order chi connectivity index (χ1) is 19.0. The summed E-state index contributed by atoms with van der Waals surface area (Å²) in [5.41, 5.74) is -3.37. The highest BCUT2D eigenvalue weighted by atomic mass is 35.5. The number of halogens is 8. The minimum absolute atomic E-state index is 0.0364. The molecule has 0 bridgehead atoms. The number of amides is 3. The molecule has 0 aromatic heterocycles. The maximum Gasteiger partial charge on any atom is 0.416 e. The summed E-state index contributed by atoms with van der Waals surface area (Å²) in [4.78, 5) is 40.0. The fourth-order valence-electron chi connectivity index (χ4n) is 4.80. The van der Waals surface area contributed by atoms with E-state index in [0.29, 0.717) is 30.7 Å². The molecule has 3 amide bonds. The highest BCUT2D eigenvalue weighted by Crippen LogP contribution is 2.38. The summed E-state index contributed by atoms with van der Waals surface area (Å²) in [6, 6.07) is 4.77. The van der Waals surface area contributed by atoms with Gasteiger partial charge in [-0.15, -0.1) is 0 Å². The van der Waals surface area contributed by atoms with E-state index in [2.05, 4.69) is 5.32 Å². The van der Waals surface area contributed by atoms with Crippen molar-refractivity contribution in [1.82, 2.24) is 15.1 Å². The van der Waals surface area contributed by atoms with E-state index in [-0.39, 0.29) is 53.9 Å². The Morgan fingerprint density at radius 1 is 0.976 bits per heavy atom. The summed E-state index contributed by atoms with van der Waals surface area (Å²) in [5, 5.41) is 3.05. The van der Waals surface area contributed by atoms with Crippen molar-refractivity contribution in [1.29, 1.82) is 0 Å². The van der Waals surface area contributed by atoms with E-state index in [1.165, 1.54) is 20.0 Å². The minimum Gasteiger partial charge on any atom is -0.356 e. The first kappa shape index (κ1) is 32.5. The lowest BCUT2D eigenvalue weighted by molar-refractivity contribution is -0.143. The van der Waals surface area contributed by atoms with Crippen molar-refractivity contribution in [2.24, 2.45) is 0 Å². The first-order valence-electron chi connectivity index (χ1n) is 12.5. The third-order valence-electron chi connectivity index (χ3n) is 6.89. The summed E-state index contributed by atoms with van der Waals surface area (Å²) < 4.78 is 80.4. The van der Waals surface area contributed by atoms with E-state index < -0.39 is 46.9 Å². The highest BCUT2D eigenvalue weighted by Gasteiger charge is 2.40. The number of piperidine rings is 1. The molecule has 3 rings (SSSR count). The topological polar surface area (TPSA) is 69.7 Å². The van der Waals surface area contributed by atoms with Gasteiger partial charge in [0.05, 0.1) is 21.2 Å². The molecule has 14 heteroatoms. The van der Waals surface area contributed by atoms with Crippen molar-refractivity contribution in [3.63, 3.8) is 0 Å². The summed E-state index contributed by atoms with van der Waals surface area (Å²) in [6.45, 7) is 1.96. The van der Waals surface area contributed by atoms with Gasteiger partial charge in [0.15, 0.2) is 0 Å². The molecule has 1 heterocycles. The van der Waals surface area contributed by atoms with Crippen molar-refractivity contribution < 1.29 is 40.7 Å². The van der Waals surface area contributed by atoms with Gasteiger partial charge >= 0.3 is 12.4 Å². The molecular formula is C27H27Cl2F6N3O3. The Labute approximate surface area is 242 Å². The van der Waals surface area contributed by atoms with Crippen LogP contribution in [0.5, 0.6) is 0 Å². The average molecular weight is 626 g/mol. The SMILES string of the molecule is CC(=O)NCCCC(=O)N1CC[C@@H](N(C)C(=O)c2cc(C(F)(F)F)cc(C(F)(F)F)c2)[C@H](c2ccc(Cl)c(Cl)c2)C1. The number of benzene rings is 2. The summed E-state index contributed by atoms with van der Waals surface area (Å²) in [7, 11) is 1.30. The third kappa shape index (κ3) is 8.28. The molecule has 1 aliphatic rings. The number of carbonyl (C=O) groups is 3. The number of hydrogen-bond donors (Lipinski definition) is 1. The van der Waals surface area contributed by atoms with E-state index in [1.54, 1.807) is 17.0 Å². The van der Waals surface area contributed by atoms with Crippen LogP contribution < -0.4 is 5.32 Å². The Morgan fingerprint density at radius 2 is 1.59 bits per heavy atom. The van der Waals surface area contributed by atoms with Gasteiger partial charge < -0.3 is 15.1 Å². The Bertz CT molecular complexity index is 1270. The molecule has 0 aliphatic carbocycles. The third-order valence-corrected chi connectivity index (χ3v) is 7.63. The first-order valence-corrected chi connectivity index (χ1v) is 13.3. The largest absolute Gasteiger partial charge is 0.416 e. The molecular weight excluding hydrogens is 599 g/mol. The average Bonchev–Trinajstić information content (AvgIpc) is 2.90. The molecule has 0 unspecified atom stereocenters. The van der Waals surface area contributed by atoms with Crippen LogP contribution >= 0.6 is 23.2 Å². The smallest absolute Gasteiger partial charge is 0.356 e. The lowest BCUT2D eigenvalue weighted by Gasteiger charge is -2.43. The van der Waals surface area contributed by atoms with Gasteiger partial charge in [-0.1, -0.05) is 29.3 Å². The van der Waals surface area contributed by atoms with E-state index >= 15 is 0 Å². The van der Waals surface area contributed by atoms with Crippen LogP contribution in [0.4, 0.5) is 26.3 Å². The molecule has 2 aromatic rings. The molecule has 0 radical (unpaired) electrons. The van der Waals surface area contributed by atoms with Gasteiger partial charge in [0.2, 0.25) is 11.8 Å². The van der Waals surface area contributed by atoms with E-state index in [9.17, 15) is 40.7 Å². The van der Waals surface area contributed by atoms with Gasteiger partial charge in [0.1, 0.15) is 0 Å². The van der Waals surface area contributed by atoms with Crippen LogP contribution in [0.15, 0.2) is 36.4 Å². The Hall–Kier alpha value is -2.99. The number of likely N-dealkylation sites (N-methyl/N-ethyl adjacent to an activating group) is 1. The number of nitrogens with zero attached hydrogens (tertiary/aromatic N) is 2. The predicted molar refractivity (Wildman–Crippen MR) is 141 cm³/mol. The van der Waals surface area contributed by atoms with Gasteiger partial charge in [-0.25, -0.2) is 0 Å². The van der Waals surface area contributed by atoms with Gasteiger partial charge in [0, 0.05) is 57.5 Å². The Kier molecular flexibility index (Phi) is 10.2. The number of carbonyl (C=O) groups excluding carboxylic acids is 3. The molecule has 224 valence electrons. The number of hydrogen-bond acceptors (Lipinski definition) is 3. The lowest BCUT2D eigenvalue weighted by Crippen LogP contribution is -2.52. The van der Waals surface area contributed by atoms with Gasteiger partial charge in [-0.2, -0.15) is 26.3 Å². The van der Waals surface area contributed by atoms with E-state index in [0.717, 1.165) is 4.90 Å². The predicted octanol–water partition coefficient (Wildman–Crippen LogP) is 6.40. The van der Waals surface area contributed by atoms with Gasteiger partial charge in [-0.05, 0) is 48.7 Å². The van der Waals surface area contributed by atoms with Crippen LogP contribution in [-0.4, -0.2) is 60.2 Å². The summed E-state index contributed by atoms with van der Waals surface area (Å²) in [6.07, 6.45) is -9.49. The molecule has 1 saturated heterocycles. The number of rotatable bonds is 7. The quantitative estimate of drug-likeness (QED) is 0.286. The second-order valence-electron chi connectivity index (χ2n) is 9.77. The summed E-state index contributed by atoms with van der Waals surface area (Å²) in [5.74, 6) is -2.05. The summed E-state index contributed by atoms with van der Waals surface area (Å²) >= 11 is 12.3. The molecule has 1 N–H and O–H groups in total. The molecule has 41 heavy (non-hydrogen) atoms. The molecule has 0 saturated carbocycles. The highest BCUT2D eigenvalue weighted by molar-refractivity contribution is 6.42. The maximum absolute atomic E-state index is 13.4. The van der Waals surface area contributed by atoms with Crippen LogP contribution in [0.3, 0.4) is 0 Å². The Morgan fingerprint density at radius 3 is 2.12 bits per heavy atom. The molecule has 1 aliphatic heterocycles. The molecule has 2 aromatic carbocycles. The van der Waals surface area contributed by atoms with Crippen molar-refractivity contribution >= 4 is 40.9 Å². The standard InChI is InChI=1S/C27H27Cl2F6N3O3/c1-15(39)36-8-3-4-24(40)38-9-7-23(20(14-38)16-5-6-21(28)22(29)12-16)37(2)25(41)17-10-18(26(30,31)32)13-19(11-17)27(33,34)35/h5-6,10-13,20,23H,3-4,7-9,14H2,1-2H3,(H,36,39)/t20-,23+/m0/s1. The second-order valence-corrected chi connectivity index (χ2v) is 10.6. The van der Waals surface area contributed by atoms with Crippen molar-refractivity contribution in [2.45, 2.75) is 50.5 Å². The fourth-order valence-corrected chi connectivity index (χ4v) is 5.10. The van der Waals surface area contributed by atoms with Crippen LogP contribution in [0.25, 0.3) is 0 Å². The number of nitrogens with one attached hydrogen (secondary N) is 1. The van der Waals surface area contributed by atoms with E-state index in [1.807, 2.05) is 0 Å². The number of alkyl halides is 6. The van der Waals surface area contributed by atoms with Crippen molar-refractivity contribution in [2.75, 3.05) is 26.7 Å². The maximum atomic E-state index is 13.4. The lowest BCUT2D eigenvalue weighted by atomic mass is 9.84. The van der Waals surface area contributed by atoms with Crippen molar-refractivity contribution in [3.05, 3.63) is 68.7 Å². The van der Waals surface area contributed by atoms with Crippen LogP contribution in [0.1, 0.15) is 59.2 Å². The molecule has 0 spiro atoms. The van der Waals surface area contributed by atoms with Crippen LogP contribution in [-0.2, 0) is 21.9 Å². The Balaban J connectivity index is 1.92. The minimum atomic E-state index is -5.11. The zero-order valence-electron chi connectivity index (χ0n) is 22.0. The van der Waals surface area contributed by atoms with Crippen LogP contribution in [0.2, 0.25) is 10.0 Å². The van der Waals surface area contributed by atoms with Crippen LogP contribution in [0, 0.1) is 0 Å². The normalized spacial score (nSPS) is 17.8. The molecule has 6 nitrogen and oxygen atoms in total. The second kappa shape index (κ2) is 12.9. The van der Waals surface area contributed by atoms with Crippen molar-refractivity contribution in [3.8, 4) is 0 Å². The fraction of sp³-hybridized carbons (Fsp3) is 0.444.